The molecule has 1 saturated carbocycles. The zero-order chi connectivity index (χ0) is 25.4. The molecule has 192 valence electrons. The van der Waals surface area contributed by atoms with E-state index in [2.05, 4.69) is 25.3 Å². The molecule has 1 saturated heterocycles. The summed E-state index contributed by atoms with van der Waals surface area (Å²) in [5, 5.41) is 18.1. The molecule has 1 amide bonds. The number of thiophene rings is 1. The van der Waals surface area contributed by atoms with Crippen LogP contribution in [-0.4, -0.2) is 72.7 Å². The van der Waals surface area contributed by atoms with E-state index < -0.39 is 5.69 Å². The molecular weight excluding hydrogens is 492 g/mol. The summed E-state index contributed by atoms with van der Waals surface area (Å²) in [7, 11) is 0. The number of fused-ring (bicyclic) bond motifs is 1. The van der Waals surface area contributed by atoms with Crippen LogP contribution in [0.3, 0.4) is 0 Å². The third-order valence-corrected chi connectivity index (χ3v) is 7.70. The highest BCUT2D eigenvalue weighted by Crippen LogP contribution is 2.27. The smallest absolute Gasteiger partial charge is 0.326 e. The second-order valence-corrected chi connectivity index (χ2v) is 10.6. The van der Waals surface area contributed by atoms with Crippen LogP contribution in [0.15, 0.2) is 34.2 Å². The maximum Gasteiger partial charge on any atom is 0.326 e. The minimum atomic E-state index is -0.501. The van der Waals surface area contributed by atoms with E-state index in [1.165, 1.54) is 24.2 Å². The number of carbonyl (C=O) groups is 1. The Bertz CT molecular complexity index is 1620. The lowest BCUT2D eigenvalue weighted by Crippen LogP contribution is -2.28. The molecule has 1 aliphatic heterocycles. The van der Waals surface area contributed by atoms with Crippen molar-refractivity contribution in [2.75, 3.05) is 26.2 Å². The number of nitrogens with zero attached hydrogens (tertiary/aromatic N) is 5. The summed E-state index contributed by atoms with van der Waals surface area (Å²) >= 11 is 1.39. The van der Waals surface area contributed by atoms with Crippen molar-refractivity contribution in [3.63, 3.8) is 0 Å². The zero-order valence-corrected chi connectivity index (χ0v) is 21.1. The molecule has 0 spiro atoms. The van der Waals surface area contributed by atoms with E-state index >= 15 is 0 Å². The number of rotatable bonds is 8. The average molecular weight is 521 g/mol. The molecule has 4 aromatic heterocycles. The van der Waals surface area contributed by atoms with Crippen LogP contribution in [0.1, 0.15) is 47.5 Å². The Morgan fingerprint density at radius 2 is 2.11 bits per heavy atom. The molecule has 0 bridgehead atoms. The Balaban J connectivity index is 1.28. The number of aromatic amines is 2. The maximum atomic E-state index is 12.7. The third kappa shape index (κ3) is 5.20. The first-order valence-electron chi connectivity index (χ1n) is 12.6. The summed E-state index contributed by atoms with van der Waals surface area (Å²) in [6.45, 7) is 4.00. The average Bonchev–Trinajstić information content (AvgIpc) is 3.30. The molecule has 0 aromatic carbocycles. The zero-order valence-electron chi connectivity index (χ0n) is 20.2. The molecule has 37 heavy (non-hydrogen) atoms. The van der Waals surface area contributed by atoms with Crippen LogP contribution in [0.5, 0.6) is 5.88 Å². The fourth-order valence-corrected chi connectivity index (χ4v) is 5.40. The summed E-state index contributed by atoms with van der Waals surface area (Å²) in [5.74, 6) is -0.329. The standard InChI is InChI=1S/C25H28N8O3S/c34-23-18(30-25(36)31-23)12-15-14-27-33-21(28-16-4-5-16)13-17(29-22(15)33)19-6-7-20(37-19)24(35)26-8-3-11-32-9-1-2-10-32/h6-7,12-14,16,34H,1-5,8-11H2,(H,26,35)(H2,30,31,36)/b15-12-,28-21?. The molecule has 11 nitrogen and oxygen atoms in total. The first-order valence-corrected chi connectivity index (χ1v) is 13.4. The number of aromatic nitrogens is 5. The predicted octanol–water partition coefficient (Wildman–Crippen LogP) is 1.01. The molecule has 5 heterocycles. The minimum Gasteiger partial charge on any atom is -0.493 e. The Morgan fingerprint density at radius 3 is 2.86 bits per heavy atom. The first-order chi connectivity index (χ1) is 18.0. The number of nitrogens with one attached hydrogen (secondary N) is 3. The number of aromatic hydroxyl groups is 1. The molecule has 2 aliphatic rings. The van der Waals surface area contributed by atoms with Crippen molar-refractivity contribution >= 4 is 29.0 Å². The second kappa shape index (κ2) is 9.94. The van der Waals surface area contributed by atoms with Gasteiger partial charge in [0.25, 0.3) is 5.91 Å². The highest BCUT2D eigenvalue weighted by molar-refractivity contribution is 7.17. The quantitative estimate of drug-likeness (QED) is 0.255. The van der Waals surface area contributed by atoms with Gasteiger partial charge in [0.15, 0.2) is 11.1 Å². The number of hydrogen-bond donors (Lipinski definition) is 4. The van der Waals surface area contributed by atoms with Crippen LogP contribution in [0, 0.1) is 0 Å². The van der Waals surface area contributed by atoms with Gasteiger partial charge < -0.3 is 20.3 Å². The van der Waals surface area contributed by atoms with E-state index in [-0.39, 0.29) is 23.5 Å². The van der Waals surface area contributed by atoms with Crippen LogP contribution in [-0.2, 0) is 0 Å². The molecule has 12 heteroatoms. The maximum absolute atomic E-state index is 12.7. The SMILES string of the molecule is O=C(NCCCN1CCCC1)c1ccc(-c2cc(=NC3CC3)n3nc/c(=C/c4[nH]c(=O)[nH]c4O)c3n2)s1. The van der Waals surface area contributed by atoms with E-state index in [1.54, 1.807) is 16.8 Å². The van der Waals surface area contributed by atoms with Crippen molar-refractivity contribution in [2.45, 2.75) is 38.1 Å². The second-order valence-electron chi connectivity index (χ2n) is 9.50. The van der Waals surface area contributed by atoms with Gasteiger partial charge in [-0.3, -0.25) is 14.8 Å². The van der Waals surface area contributed by atoms with Gasteiger partial charge in [-0.2, -0.15) is 9.61 Å². The van der Waals surface area contributed by atoms with E-state index in [0.29, 0.717) is 33.5 Å². The van der Waals surface area contributed by atoms with Crippen molar-refractivity contribution in [3.05, 3.63) is 56.2 Å². The summed E-state index contributed by atoms with van der Waals surface area (Å²) in [6, 6.07) is 5.89. The van der Waals surface area contributed by atoms with Gasteiger partial charge in [0.05, 0.1) is 27.7 Å². The Hall–Kier alpha value is -3.77. The van der Waals surface area contributed by atoms with Gasteiger partial charge in [0.1, 0.15) is 5.69 Å². The molecule has 6 rings (SSSR count). The van der Waals surface area contributed by atoms with Crippen LogP contribution < -0.4 is 21.7 Å². The lowest BCUT2D eigenvalue weighted by Gasteiger charge is -2.14. The molecule has 0 unspecified atom stereocenters. The van der Waals surface area contributed by atoms with Gasteiger partial charge in [-0.1, -0.05) is 0 Å². The van der Waals surface area contributed by atoms with Crippen molar-refractivity contribution in [3.8, 4) is 16.5 Å². The van der Waals surface area contributed by atoms with Crippen LogP contribution >= 0.6 is 11.3 Å². The monoisotopic (exact) mass is 520 g/mol. The van der Waals surface area contributed by atoms with E-state index in [1.807, 2.05) is 18.2 Å². The molecule has 0 radical (unpaired) electrons. The molecule has 4 aromatic rings. The Morgan fingerprint density at radius 1 is 1.27 bits per heavy atom. The van der Waals surface area contributed by atoms with E-state index in [0.717, 1.165) is 43.8 Å². The highest BCUT2D eigenvalue weighted by atomic mass is 32.1. The van der Waals surface area contributed by atoms with Crippen molar-refractivity contribution < 1.29 is 9.90 Å². The fraction of sp³-hybridized carbons (Fsp3) is 0.400. The van der Waals surface area contributed by atoms with Crippen LogP contribution in [0.2, 0.25) is 0 Å². The largest absolute Gasteiger partial charge is 0.493 e. The highest BCUT2D eigenvalue weighted by Gasteiger charge is 2.21. The predicted molar refractivity (Wildman–Crippen MR) is 139 cm³/mol. The minimum absolute atomic E-state index is 0.0769. The summed E-state index contributed by atoms with van der Waals surface area (Å²) in [5.41, 5.74) is 1.65. The molecule has 1 aliphatic carbocycles. The van der Waals surface area contributed by atoms with Gasteiger partial charge in [-0.15, -0.1) is 11.3 Å². The lowest BCUT2D eigenvalue weighted by atomic mass is 10.3. The Labute approximate surface area is 215 Å². The van der Waals surface area contributed by atoms with Gasteiger partial charge in [-0.05, 0) is 69.9 Å². The fourth-order valence-electron chi connectivity index (χ4n) is 4.52. The molecule has 4 N–H and O–H groups in total. The first kappa shape index (κ1) is 23.6. The number of carbonyl (C=O) groups excluding carboxylic acids is 1. The summed E-state index contributed by atoms with van der Waals surface area (Å²) in [4.78, 5) is 42.7. The van der Waals surface area contributed by atoms with E-state index in [4.69, 9.17) is 9.98 Å². The number of amides is 1. The van der Waals surface area contributed by atoms with Crippen molar-refractivity contribution in [2.24, 2.45) is 4.99 Å². The third-order valence-electron chi connectivity index (χ3n) is 6.59. The van der Waals surface area contributed by atoms with Gasteiger partial charge >= 0.3 is 5.69 Å². The topological polar surface area (TPSA) is 144 Å². The number of imidazole rings is 1. The molecular formula is C25H28N8O3S. The van der Waals surface area contributed by atoms with Crippen molar-refractivity contribution in [1.82, 2.24) is 34.8 Å². The number of likely N-dealkylation sites (tertiary alicyclic amines) is 1. The lowest BCUT2D eigenvalue weighted by molar-refractivity contribution is 0.0956. The van der Waals surface area contributed by atoms with Gasteiger partial charge in [-0.25, -0.2) is 9.78 Å². The normalized spacial score (nSPS) is 17.3. The van der Waals surface area contributed by atoms with Gasteiger partial charge in [0.2, 0.25) is 5.88 Å². The number of H-pyrrole nitrogens is 2. The van der Waals surface area contributed by atoms with Crippen LogP contribution in [0.25, 0.3) is 22.3 Å². The summed E-state index contributed by atoms with van der Waals surface area (Å²) in [6.07, 6.45) is 8.80. The molecule has 2 fully saturated rings. The summed E-state index contributed by atoms with van der Waals surface area (Å²) < 4.78 is 1.66. The van der Waals surface area contributed by atoms with E-state index in [9.17, 15) is 14.7 Å². The molecule has 0 atom stereocenters. The van der Waals surface area contributed by atoms with Crippen LogP contribution in [0.4, 0.5) is 0 Å². The number of hydrogen-bond acceptors (Lipinski definition) is 8. The van der Waals surface area contributed by atoms with Crippen molar-refractivity contribution in [1.29, 1.82) is 0 Å². The Kier molecular flexibility index (Phi) is 6.35. The van der Waals surface area contributed by atoms with Gasteiger partial charge in [0, 0.05) is 17.8 Å².